The van der Waals surface area contributed by atoms with Gasteiger partial charge in [-0.05, 0) is 6.42 Å². The molecule has 0 aliphatic carbocycles. The molecule has 0 saturated heterocycles. The lowest BCUT2D eigenvalue weighted by molar-refractivity contribution is -0.462. The molecular formula is C4H12N3O+. The average Bonchev–Trinajstić information content (AvgIpc) is 1.83. The van der Waals surface area contributed by atoms with E-state index in [9.17, 15) is 0 Å². The van der Waals surface area contributed by atoms with E-state index in [0.29, 0.717) is 0 Å². The number of nitrogens with one attached hydrogen (secondary N) is 2. The second-order valence-corrected chi connectivity index (χ2v) is 1.45. The van der Waals surface area contributed by atoms with Crippen LogP contribution in [0.5, 0.6) is 0 Å². The first-order chi connectivity index (χ1) is 3.81. The van der Waals surface area contributed by atoms with Crippen LogP contribution in [0.15, 0.2) is 0 Å². The Balaban J connectivity index is 3.26. The Hall–Kier alpha value is -0.770. The van der Waals surface area contributed by atoms with Crippen LogP contribution in [-0.2, 0) is 0 Å². The summed E-state index contributed by atoms with van der Waals surface area (Å²) in [7, 11) is 0. The first-order valence-corrected chi connectivity index (χ1v) is 2.57. The minimum Gasteiger partial charge on any atom is -0.289 e. The molecule has 0 radical (unpaired) electrons. The fourth-order valence-electron chi connectivity index (χ4n) is 0.299. The lowest BCUT2D eigenvalue weighted by Crippen LogP contribution is -2.78. The van der Waals surface area contributed by atoms with E-state index in [4.69, 9.17) is 10.9 Å². The zero-order chi connectivity index (χ0) is 6.41. The molecule has 0 amide bonds. The molecule has 8 heavy (non-hydrogen) atoms. The summed E-state index contributed by atoms with van der Waals surface area (Å²) in [4.78, 5) is 2.72. The molecule has 5 N–H and O–H groups in total. The highest BCUT2D eigenvalue weighted by Gasteiger charge is 1.88. The van der Waals surface area contributed by atoms with Crippen LogP contribution in [0, 0.1) is 0 Å². The third-order valence-electron chi connectivity index (χ3n) is 0.686. The SMILES string of the molecule is CCC[NH+]=C(N)NO. The molecule has 0 aliphatic rings. The Labute approximate surface area is 48.4 Å². The van der Waals surface area contributed by atoms with Crippen LogP contribution in [0.25, 0.3) is 0 Å². The predicted molar refractivity (Wildman–Crippen MR) is 30.2 cm³/mol. The molecule has 0 fully saturated rings. The number of hydroxylamine groups is 1. The van der Waals surface area contributed by atoms with E-state index in [1.807, 2.05) is 6.92 Å². The zero-order valence-electron chi connectivity index (χ0n) is 4.94. The smallest absolute Gasteiger partial charge is 0.289 e. The van der Waals surface area contributed by atoms with E-state index >= 15 is 0 Å². The largest absolute Gasteiger partial charge is 0.369 e. The Morgan fingerprint density at radius 2 is 2.50 bits per heavy atom. The van der Waals surface area contributed by atoms with Gasteiger partial charge in [0.25, 0.3) is 0 Å². The van der Waals surface area contributed by atoms with Gasteiger partial charge in [-0.2, -0.15) is 0 Å². The Kier molecular flexibility index (Phi) is 3.97. The molecule has 0 saturated carbocycles. The van der Waals surface area contributed by atoms with Crippen LogP contribution >= 0.6 is 0 Å². The third-order valence-corrected chi connectivity index (χ3v) is 0.686. The summed E-state index contributed by atoms with van der Waals surface area (Å²) in [5, 5.41) is 8.09. The van der Waals surface area contributed by atoms with Crippen molar-refractivity contribution in [2.24, 2.45) is 5.73 Å². The lowest BCUT2D eigenvalue weighted by Gasteiger charge is -1.86. The molecule has 4 heteroatoms. The zero-order valence-corrected chi connectivity index (χ0v) is 4.94. The van der Waals surface area contributed by atoms with Crippen LogP contribution in [0.1, 0.15) is 13.3 Å². The molecule has 0 spiro atoms. The molecule has 0 aromatic rings. The van der Waals surface area contributed by atoms with Crippen LogP contribution < -0.4 is 16.2 Å². The highest BCUT2D eigenvalue weighted by Crippen LogP contribution is 1.56. The van der Waals surface area contributed by atoms with Crippen molar-refractivity contribution in [1.29, 1.82) is 0 Å². The van der Waals surface area contributed by atoms with E-state index < -0.39 is 0 Å². The number of hydrogen-bond acceptors (Lipinski definition) is 1. The fraction of sp³-hybridized carbons (Fsp3) is 0.750. The van der Waals surface area contributed by atoms with Gasteiger partial charge < -0.3 is 0 Å². The van der Waals surface area contributed by atoms with Crippen LogP contribution in [-0.4, -0.2) is 17.7 Å². The molecule has 0 bridgehead atoms. The number of guanidine groups is 1. The Morgan fingerprint density at radius 3 is 2.88 bits per heavy atom. The number of hydrogen-bond donors (Lipinski definition) is 4. The number of nitrogens with two attached hydrogens (primary N) is 1. The van der Waals surface area contributed by atoms with Crippen molar-refractivity contribution in [3.8, 4) is 0 Å². The maximum absolute atomic E-state index is 8.09. The van der Waals surface area contributed by atoms with Crippen LogP contribution in [0.2, 0.25) is 0 Å². The quantitative estimate of drug-likeness (QED) is 0.188. The van der Waals surface area contributed by atoms with Crippen molar-refractivity contribution in [1.82, 2.24) is 5.48 Å². The fourth-order valence-corrected chi connectivity index (χ4v) is 0.299. The standard InChI is InChI=1S/C4H11N3O/c1-2-3-6-4(5)7-8/h8H,2-3H2,1H3,(H3,5,6,7)/p+1. The van der Waals surface area contributed by atoms with Gasteiger partial charge in [-0.1, -0.05) is 6.92 Å². The van der Waals surface area contributed by atoms with E-state index in [1.165, 1.54) is 0 Å². The van der Waals surface area contributed by atoms with Gasteiger partial charge >= 0.3 is 5.96 Å². The van der Waals surface area contributed by atoms with E-state index in [-0.39, 0.29) is 5.96 Å². The molecule has 0 aromatic carbocycles. The van der Waals surface area contributed by atoms with Gasteiger partial charge in [-0.15, -0.1) is 5.48 Å². The van der Waals surface area contributed by atoms with E-state index in [1.54, 1.807) is 5.48 Å². The molecule has 48 valence electrons. The summed E-state index contributed by atoms with van der Waals surface area (Å²) in [5.41, 5.74) is 6.89. The van der Waals surface area contributed by atoms with Gasteiger partial charge in [0.05, 0.1) is 6.54 Å². The van der Waals surface area contributed by atoms with Gasteiger partial charge in [-0.25, -0.2) is 5.21 Å². The molecule has 4 nitrogen and oxygen atoms in total. The predicted octanol–water partition coefficient (Wildman–Crippen LogP) is -2.23. The van der Waals surface area contributed by atoms with Crippen LogP contribution in [0.3, 0.4) is 0 Å². The number of rotatable bonds is 2. The molecular weight excluding hydrogens is 106 g/mol. The Morgan fingerprint density at radius 1 is 1.88 bits per heavy atom. The molecule has 0 atom stereocenters. The van der Waals surface area contributed by atoms with Crippen molar-refractivity contribution < 1.29 is 10.2 Å². The molecule has 0 rings (SSSR count). The maximum Gasteiger partial charge on any atom is 0.369 e. The summed E-state index contributed by atoms with van der Waals surface area (Å²) >= 11 is 0. The van der Waals surface area contributed by atoms with Gasteiger partial charge in [0.15, 0.2) is 0 Å². The topological polar surface area (TPSA) is 72.2 Å². The molecule has 0 heterocycles. The van der Waals surface area contributed by atoms with Crippen LogP contribution in [0.4, 0.5) is 0 Å². The summed E-state index contributed by atoms with van der Waals surface area (Å²) in [6.45, 7) is 2.79. The van der Waals surface area contributed by atoms with Gasteiger partial charge in [0.2, 0.25) is 0 Å². The first kappa shape index (κ1) is 7.23. The normalized spacial score (nSPS) is 11.5. The van der Waals surface area contributed by atoms with Gasteiger partial charge in [-0.3, -0.25) is 10.7 Å². The van der Waals surface area contributed by atoms with Gasteiger partial charge in [0, 0.05) is 0 Å². The van der Waals surface area contributed by atoms with Crippen molar-refractivity contribution in [2.75, 3.05) is 6.54 Å². The highest BCUT2D eigenvalue weighted by molar-refractivity contribution is 5.69. The monoisotopic (exact) mass is 118 g/mol. The molecule has 0 aromatic heterocycles. The highest BCUT2D eigenvalue weighted by atomic mass is 16.5. The summed E-state index contributed by atoms with van der Waals surface area (Å²) in [6, 6.07) is 0. The van der Waals surface area contributed by atoms with Gasteiger partial charge in [0.1, 0.15) is 0 Å². The summed E-state index contributed by atoms with van der Waals surface area (Å²) in [6.07, 6.45) is 0.988. The second kappa shape index (κ2) is 4.39. The third kappa shape index (κ3) is 3.42. The summed E-state index contributed by atoms with van der Waals surface area (Å²) in [5.74, 6) is 0.201. The molecule has 0 aliphatic heterocycles. The minimum atomic E-state index is 0.201. The summed E-state index contributed by atoms with van der Waals surface area (Å²) < 4.78 is 0. The second-order valence-electron chi connectivity index (χ2n) is 1.45. The van der Waals surface area contributed by atoms with Crippen molar-refractivity contribution >= 4 is 5.96 Å². The molecule has 0 unspecified atom stereocenters. The average molecular weight is 118 g/mol. The van der Waals surface area contributed by atoms with Crippen molar-refractivity contribution in [3.05, 3.63) is 0 Å². The van der Waals surface area contributed by atoms with E-state index in [2.05, 4.69) is 4.99 Å². The lowest BCUT2D eigenvalue weighted by atomic mass is 10.5. The minimum absolute atomic E-state index is 0.201. The van der Waals surface area contributed by atoms with Crippen molar-refractivity contribution in [3.63, 3.8) is 0 Å². The van der Waals surface area contributed by atoms with E-state index in [0.717, 1.165) is 13.0 Å². The Bertz CT molecular complexity index is 81.4. The first-order valence-electron chi connectivity index (χ1n) is 2.57. The maximum atomic E-state index is 8.09. The van der Waals surface area contributed by atoms with Crippen molar-refractivity contribution in [2.45, 2.75) is 13.3 Å².